The van der Waals surface area contributed by atoms with Crippen molar-refractivity contribution in [3.63, 3.8) is 0 Å². The first kappa shape index (κ1) is 40.1. The Morgan fingerprint density at radius 3 is 0.735 bits per heavy atom. The molecule has 0 saturated heterocycles. The summed E-state index contributed by atoms with van der Waals surface area (Å²) in [5.74, 6) is -2.16. The van der Waals surface area contributed by atoms with Gasteiger partial charge in [-0.05, 0) is 72.5 Å². The Morgan fingerprint density at radius 2 is 0.647 bits per heavy atom. The van der Waals surface area contributed by atoms with Crippen LogP contribution >= 0.6 is 0 Å². The van der Waals surface area contributed by atoms with Crippen molar-refractivity contribution in [3.05, 3.63) is 0 Å². The Labute approximate surface area is 220 Å². The smallest absolute Gasteiger partial charge is 0.550 e. The van der Waals surface area contributed by atoms with E-state index in [0.29, 0.717) is 0 Å². The molecule has 3 atom stereocenters. The van der Waals surface area contributed by atoms with Gasteiger partial charge in [0.05, 0.1) is 0 Å². The summed E-state index contributed by atoms with van der Waals surface area (Å²) in [6, 6.07) is 0. The summed E-state index contributed by atoms with van der Waals surface area (Å²) in [4.78, 5) is 30.6. The molecule has 0 fully saturated rings. The number of carbonyl (C=O) groups excluding carboxylic acids is 3. The maximum absolute atomic E-state index is 10.2. The van der Waals surface area contributed by atoms with E-state index in [-0.39, 0.29) is 70.3 Å². The Bertz CT molecular complexity index is 486. The minimum absolute atomic E-state index is 0. The molecule has 0 aliphatic heterocycles. The van der Waals surface area contributed by atoms with Gasteiger partial charge in [0.2, 0.25) is 0 Å². The van der Waals surface area contributed by atoms with E-state index in [9.17, 15) is 29.7 Å². The zero-order chi connectivity index (χ0) is 27.2. The number of aliphatic carboxylic acids is 3. The van der Waals surface area contributed by atoms with Crippen LogP contribution in [0.3, 0.4) is 0 Å². The van der Waals surface area contributed by atoms with E-state index in [1.54, 1.807) is 0 Å². The van der Waals surface area contributed by atoms with Gasteiger partial charge >= 0.3 is 17.1 Å². The molecule has 34 heavy (non-hydrogen) atoms. The fraction of sp³-hybridized carbons (Fsp3) is 0.889. The maximum atomic E-state index is 10.2. The van der Waals surface area contributed by atoms with Crippen molar-refractivity contribution >= 4 is 17.9 Å². The van der Waals surface area contributed by atoms with Crippen molar-refractivity contribution in [2.24, 2.45) is 34.0 Å². The number of rotatable bonds is 9. The third-order valence-corrected chi connectivity index (χ3v) is 4.43. The van der Waals surface area contributed by atoms with Crippen molar-refractivity contribution < 1.29 is 46.8 Å². The maximum Gasteiger partial charge on any atom is 3.00 e. The second-order valence-electron chi connectivity index (χ2n) is 13.3. The fourth-order valence-electron chi connectivity index (χ4n) is 4.21. The number of carboxylic acid groups (broad SMARTS) is 3. The van der Waals surface area contributed by atoms with Crippen LogP contribution in [0.4, 0.5) is 0 Å². The molecule has 1 radical (unpaired) electrons. The monoisotopic (exact) mass is 527 g/mol. The van der Waals surface area contributed by atoms with E-state index in [1.807, 2.05) is 20.8 Å². The molecular formula is C27H51FeO6. The standard InChI is InChI=1S/3C9H18O2.Fe/c3*1-7(5-8(10)11)6-9(2,3)4;/h3*7H,5-6H2,1-4H3,(H,10,11);/q;;;+3/p-3. The SMILES string of the molecule is CC(CC(=O)[O-])CC(C)(C)C.CC(CC(=O)[O-])CC(C)(C)C.CC(CC(=O)[O-])CC(C)(C)C.[Fe+3]. The minimum Gasteiger partial charge on any atom is -0.550 e. The zero-order valence-corrected chi connectivity index (χ0v) is 24.9. The summed E-state index contributed by atoms with van der Waals surface area (Å²) in [6.45, 7) is 24.8. The second-order valence-corrected chi connectivity index (χ2v) is 13.3. The molecule has 0 aromatic heterocycles. The van der Waals surface area contributed by atoms with Crippen molar-refractivity contribution in [2.45, 2.75) is 122 Å². The van der Waals surface area contributed by atoms with Crippen LogP contribution in [0.15, 0.2) is 0 Å². The minimum atomic E-state index is -0.943. The van der Waals surface area contributed by atoms with Crippen LogP contribution in [-0.2, 0) is 31.5 Å². The molecular weight excluding hydrogens is 476 g/mol. The molecule has 0 rings (SSSR count). The molecule has 0 bridgehead atoms. The van der Waals surface area contributed by atoms with Crippen LogP contribution in [0.2, 0.25) is 0 Å². The third-order valence-electron chi connectivity index (χ3n) is 4.43. The van der Waals surface area contributed by atoms with E-state index in [4.69, 9.17) is 0 Å². The van der Waals surface area contributed by atoms with Crippen LogP contribution in [0.25, 0.3) is 0 Å². The number of carbonyl (C=O) groups is 3. The van der Waals surface area contributed by atoms with Gasteiger partial charge in [-0.25, -0.2) is 0 Å². The van der Waals surface area contributed by atoms with Gasteiger partial charge in [-0.2, -0.15) is 0 Å². The molecule has 0 N–H and O–H groups in total. The van der Waals surface area contributed by atoms with Gasteiger partial charge in [0, 0.05) is 17.9 Å². The molecule has 3 unspecified atom stereocenters. The third kappa shape index (κ3) is 41.2. The Morgan fingerprint density at radius 1 is 0.500 bits per heavy atom. The summed E-state index contributed by atoms with van der Waals surface area (Å²) in [6.07, 6.45) is 3.33. The van der Waals surface area contributed by atoms with Crippen molar-refractivity contribution in [1.29, 1.82) is 0 Å². The first-order valence-corrected chi connectivity index (χ1v) is 12.0. The summed E-state index contributed by atoms with van der Waals surface area (Å²) in [5, 5.41) is 30.6. The molecule has 0 aliphatic carbocycles. The van der Waals surface area contributed by atoms with E-state index >= 15 is 0 Å². The predicted octanol–water partition coefficient (Wildman–Crippen LogP) is 3.59. The molecule has 0 aromatic carbocycles. The van der Waals surface area contributed by atoms with E-state index in [0.717, 1.165) is 19.3 Å². The van der Waals surface area contributed by atoms with Crippen LogP contribution in [0.5, 0.6) is 0 Å². The quantitative estimate of drug-likeness (QED) is 0.423. The van der Waals surface area contributed by atoms with Gasteiger partial charge in [0.1, 0.15) is 0 Å². The van der Waals surface area contributed by atoms with Gasteiger partial charge in [-0.1, -0.05) is 83.1 Å². The average Bonchev–Trinajstić information content (AvgIpc) is 2.38. The second kappa shape index (κ2) is 18.2. The normalized spacial score (nSPS) is 14.1. The first-order chi connectivity index (χ1) is 14.4. The van der Waals surface area contributed by atoms with E-state index in [2.05, 4.69) is 62.3 Å². The predicted molar refractivity (Wildman–Crippen MR) is 129 cm³/mol. The van der Waals surface area contributed by atoms with Crippen molar-refractivity contribution in [3.8, 4) is 0 Å². The van der Waals surface area contributed by atoms with Crippen LogP contribution in [-0.4, -0.2) is 17.9 Å². The van der Waals surface area contributed by atoms with Gasteiger partial charge in [-0.15, -0.1) is 0 Å². The van der Waals surface area contributed by atoms with Gasteiger partial charge in [0.15, 0.2) is 0 Å². The summed E-state index contributed by atoms with van der Waals surface area (Å²) >= 11 is 0. The molecule has 0 heterocycles. The summed E-state index contributed by atoms with van der Waals surface area (Å²) in [7, 11) is 0. The molecule has 0 aliphatic rings. The molecule has 0 spiro atoms. The van der Waals surface area contributed by atoms with Crippen LogP contribution in [0.1, 0.15) is 122 Å². The zero-order valence-electron chi connectivity index (χ0n) is 23.8. The Kier molecular flexibility index (Phi) is 21.5. The average molecular weight is 528 g/mol. The van der Waals surface area contributed by atoms with Gasteiger partial charge < -0.3 is 29.7 Å². The van der Waals surface area contributed by atoms with Gasteiger partial charge in [-0.3, -0.25) is 0 Å². The van der Waals surface area contributed by atoms with E-state index in [1.165, 1.54) is 0 Å². The largest absolute Gasteiger partial charge is 3.00 e. The van der Waals surface area contributed by atoms with Crippen LogP contribution < -0.4 is 15.3 Å². The van der Waals surface area contributed by atoms with Gasteiger partial charge in [0.25, 0.3) is 0 Å². The summed E-state index contributed by atoms with van der Waals surface area (Å²) < 4.78 is 0. The molecule has 7 heteroatoms. The molecule has 0 saturated carbocycles. The number of carboxylic acids is 3. The molecule has 203 valence electrons. The Balaban J connectivity index is -0.000000196. The van der Waals surface area contributed by atoms with Crippen molar-refractivity contribution in [2.75, 3.05) is 0 Å². The molecule has 6 nitrogen and oxygen atoms in total. The van der Waals surface area contributed by atoms with Crippen LogP contribution in [0, 0.1) is 34.0 Å². The van der Waals surface area contributed by atoms with E-state index < -0.39 is 17.9 Å². The Hall–Kier alpha value is -1.07. The number of hydrogen-bond acceptors (Lipinski definition) is 6. The summed E-state index contributed by atoms with van der Waals surface area (Å²) in [5.41, 5.74) is 0.651. The topological polar surface area (TPSA) is 120 Å². The fourth-order valence-corrected chi connectivity index (χ4v) is 4.21. The molecule has 0 amide bonds. The number of hydrogen-bond donors (Lipinski definition) is 0. The molecule has 0 aromatic rings. The van der Waals surface area contributed by atoms with Crippen molar-refractivity contribution in [1.82, 2.24) is 0 Å². The first-order valence-electron chi connectivity index (χ1n) is 12.0.